The third-order valence-corrected chi connectivity index (χ3v) is 2.36. The van der Waals surface area contributed by atoms with Crippen LogP contribution < -0.4 is 5.32 Å². The molecule has 0 aliphatic rings. The van der Waals surface area contributed by atoms with Crippen molar-refractivity contribution in [1.82, 2.24) is 15.1 Å². The molecule has 0 amide bonds. The molecule has 4 heteroatoms. The first kappa shape index (κ1) is 12.2. The Balaban J connectivity index is 2.31. The van der Waals surface area contributed by atoms with Gasteiger partial charge in [-0.2, -0.15) is 5.10 Å². The van der Waals surface area contributed by atoms with Crippen molar-refractivity contribution < 1.29 is 5.11 Å². The van der Waals surface area contributed by atoms with Crippen LogP contribution in [0.4, 0.5) is 0 Å². The average Bonchev–Trinajstić information content (AvgIpc) is 2.66. The van der Waals surface area contributed by atoms with E-state index in [1.54, 1.807) is 0 Å². The first-order chi connectivity index (χ1) is 7.13. The fourth-order valence-corrected chi connectivity index (χ4v) is 1.28. The molecule has 0 radical (unpaired) electrons. The molecule has 0 aliphatic heterocycles. The van der Waals surface area contributed by atoms with Gasteiger partial charge in [0.05, 0.1) is 12.3 Å². The fourth-order valence-electron chi connectivity index (χ4n) is 1.28. The van der Waals surface area contributed by atoms with Crippen molar-refractivity contribution in [2.24, 2.45) is 0 Å². The second kappa shape index (κ2) is 5.88. The molecule has 1 atom stereocenters. The van der Waals surface area contributed by atoms with Crippen LogP contribution in [0.15, 0.2) is 12.4 Å². The smallest absolute Gasteiger partial charge is 0.0662 e. The number of nitrogens with zero attached hydrogens (tertiary/aromatic N) is 2. The first-order valence-corrected chi connectivity index (χ1v) is 5.55. The van der Waals surface area contributed by atoms with E-state index in [-0.39, 0.29) is 6.10 Å². The molecule has 4 nitrogen and oxygen atoms in total. The van der Waals surface area contributed by atoms with Gasteiger partial charge in [-0.3, -0.25) is 4.68 Å². The molecule has 0 bridgehead atoms. The summed E-state index contributed by atoms with van der Waals surface area (Å²) in [6.07, 6.45) is 4.45. The molecule has 86 valence electrons. The molecule has 1 rings (SSSR count). The van der Waals surface area contributed by atoms with Crippen LogP contribution >= 0.6 is 0 Å². The fraction of sp³-hybridized carbons (Fsp3) is 0.727. The largest absolute Gasteiger partial charge is 0.392 e. The highest BCUT2D eigenvalue weighted by atomic mass is 16.3. The summed E-state index contributed by atoms with van der Waals surface area (Å²) in [5, 5.41) is 16.8. The highest BCUT2D eigenvalue weighted by Crippen LogP contribution is 2.04. The van der Waals surface area contributed by atoms with Crippen LogP contribution in [0.2, 0.25) is 0 Å². The SMILES string of the molecule is CCC(O)CNCc1cnn(C(C)C)c1. The van der Waals surface area contributed by atoms with Crippen LogP contribution in [0, 0.1) is 0 Å². The lowest BCUT2D eigenvalue weighted by atomic mass is 10.2. The second-order valence-corrected chi connectivity index (χ2v) is 4.12. The molecule has 2 N–H and O–H groups in total. The predicted molar refractivity (Wildman–Crippen MR) is 60.6 cm³/mol. The van der Waals surface area contributed by atoms with Crippen molar-refractivity contribution in [2.45, 2.75) is 45.9 Å². The third-order valence-electron chi connectivity index (χ3n) is 2.36. The summed E-state index contributed by atoms with van der Waals surface area (Å²) in [6.45, 7) is 7.59. The predicted octanol–water partition coefficient (Wildman–Crippen LogP) is 1.32. The zero-order valence-corrected chi connectivity index (χ0v) is 9.77. The zero-order valence-electron chi connectivity index (χ0n) is 9.77. The van der Waals surface area contributed by atoms with Crippen molar-refractivity contribution in [3.63, 3.8) is 0 Å². The molecule has 0 aliphatic carbocycles. The molecule has 0 aromatic carbocycles. The second-order valence-electron chi connectivity index (χ2n) is 4.12. The summed E-state index contributed by atoms with van der Waals surface area (Å²) < 4.78 is 1.94. The molecule has 0 saturated heterocycles. The summed E-state index contributed by atoms with van der Waals surface area (Å²) in [7, 11) is 0. The monoisotopic (exact) mass is 211 g/mol. The molecule has 0 fully saturated rings. The van der Waals surface area contributed by atoms with Gasteiger partial charge < -0.3 is 10.4 Å². The quantitative estimate of drug-likeness (QED) is 0.746. The van der Waals surface area contributed by atoms with Crippen LogP contribution in [-0.2, 0) is 6.54 Å². The Morgan fingerprint density at radius 2 is 2.27 bits per heavy atom. The number of hydrogen-bond acceptors (Lipinski definition) is 3. The highest BCUT2D eigenvalue weighted by molar-refractivity contribution is 5.03. The van der Waals surface area contributed by atoms with Crippen LogP contribution in [0.3, 0.4) is 0 Å². The van der Waals surface area contributed by atoms with Gasteiger partial charge in [0.25, 0.3) is 0 Å². The maximum atomic E-state index is 9.35. The zero-order chi connectivity index (χ0) is 11.3. The van der Waals surface area contributed by atoms with E-state index < -0.39 is 0 Å². The summed E-state index contributed by atoms with van der Waals surface area (Å²) in [6, 6.07) is 0.403. The van der Waals surface area contributed by atoms with Gasteiger partial charge in [-0.1, -0.05) is 6.92 Å². The number of hydrogen-bond donors (Lipinski definition) is 2. The van der Waals surface area contributed by atoms with E-state index in [0.29, 0.717) is 12.6 Å². The van der Waals surface area contributed by atoms with Gasteiger partial charge in [0.1, 0.15) is 0 Å². The minimum absolute atomic E-state index is 0.245. The van der Waals surface area contributed by atoms with Crippen LogP contribution in [0.25, 0.3) is 0 Å². The highest BCUT2D eigenvalue weighted by Gasteiger charge is 2.03. The summed E-state index contributed by atoms with van der Waals surface area (Å²) in [5.74, 6) is 0. The Hall–Kier alpha value is -0.870. The van der Waals surface area contributed by atoms with Gasteiger partial charge in [-0.05, 0) is 20.3 Å². The maximum Gasteiger partial charge on any atom is 0.0662 e. The molecule has 0 saturated carbocycles. The summed E-state index contributed by atoms with van der Waals surface area (Å²) in [5.41, 5.74) is 1.16. The van der Waals surface area contributed by atoms with Crippen molar-refractivity contribution in [3.05, 3.63) is 18.0 Å². The van der Waals surface area contributed by atoms with E-state index in [0.717, 1.165) is 18.5 Å². The van der Waals surface area contributed by atoms with Gasteiger partial charge in [-0.15, -0.1) is 0 Å². The Morgan fingerprint density at radius 3 is 2.80 bits per heavy atom. The van der Waals surface area contributed by atoms with Crippen molar-refractivity contribution in [1.29, 1.82) is 0 Å². The van der Waals surface area contributed by atoms with E-state index >= 15 is 0 Å². The molecular weight excluding hydrogens is 190 g/mol. The Labute approximate surface area is 91.3 Å². The van der Waals surface area contributed by atoms with Crippen LogP contribution in [0.1, 0.15) is 38.8 Å². The Morgan fingerprint density at radius 1 is 1.53 bits per heavy atom. The molecular formula is C11H21N3O. The molecule has 1 aromatic rings. The van der Waals surface area contributed by atoms with Crippen LogP contribution in [-0.4, -0.2) is 27.5 Å². The molecule has 1 unspecified atom stereocenters. The number of aliphatic hydroxyl groups is 1. The topological polar surface area (TPSA) is 50.1 Å². The van der Waals surface area contributed by atoms with Gasteiger partial charge in [0, 0.05) is 30.9 Å². The van der Waals surface area contributed by atoms with Crippen molar-refractivity contribution in [3.8, 4) is 0 Å². The van der Waals surface area contributed by atoms with E-state index in [4.69, 9.17) is 0 Å². The third kappa shape index (κ3) is 4.01. The van der Waals surface area contributed by atoms with Gasteiger partial charge >= 0.3 is 0 Å². The average molecular weight is 211 g/mol. The van der Waals surface area contributed by atoms with Gasteiger partial charge in [-0.25, -0.2) is 0 Å². The molecule has 15 heavy (non-hydrogen) atoms. The van der Waals surface area contributed by atoms with E-state index in [2.05, 4.69) is 24.3 Å². The van der Waals surface area contributed by atoms with Crippen molar-refractivity contribution in [2.75, 3.05) is 6.54 Å². The lowest BCUT2D eigenvalue weighted by molar-refractivity contribution is 0.167. The van der Waals surface area contributed by atoms with Crippen LogP contribution in [0.5, 0.6) is 0 Å². The Bertz CT molecular complexity index is 283. The number of aromatic nitrogens is 2. The summed E-state index contributed by atoms with van der Waals surface area (Å²) in [4.78, 5) is 0. The number of nitrogens with one attached hydrogen (secondary N) is 1. The minimum atomic E-state index is -0.245. The lowest BCUT2D eigenvalue weighted by Gasteiger charge is -2.08. The van der Waals surface area contributed by atoms with Gasteiger partial charge in [0.15, 0.2) is 0 Å². The standard InChI is InChI=1S/C11H21N3O/c1-4-11(15)7-12-5-10-6-13-14(8-10)9(2)3/h6,8-9,11-12,15H,4-5,7H2,1-3H3. The van der Waals surface area contributed by atoms with E-state index in [1.807, 2.05) is 24.0 Å². The summed E-state index contributed by atoms with van der Waals surface area (Å²) >= 11 is 0. The normalized spacial score (nSPS) is 13.4. The lowest BCUT2D eigenvalue weighted by Crippen LogP contribution is -2.25. The number of aliphatic hydroxyl groups excluding tert-OH is 1. The molecule has 0 spiro atoms. The minimum Gasteiger partial charge on any atom is -0.392 e. The van der Waals surface area contributed by atoms with Crippen molar-refractivity contribution >= 4 is 0 Å². The molecule has 1 heterocycles. The van der Waals surface area contributed by atoms with Gasteiger partial charge in [0.2, 0.25) is 0 Å². The van der Waals surface area contributed by atoms with E-state index in [9.17, 15) is 5.11 Å². The number of rotatable bonds is 6. The Kier molecular flexibility index (Phi) is 4.78. The first-order valence-electron chi connectivity index (χ1n) is 5.55. The van der Waals surface area contributed by atoms with E-state index in [1.165, 1.54) is 0 Å². The molecule has 1 aromatic heterocycles. The maximum absolute atomic E-state index is 9.35.